The average Bonchev–Trinajstić information content (AvgIpc) is 3.15. The van der Waals surface area contributed by atoms with Gasteiger partial charge in [0.25, 0.3) is 0 Å². The van der Waals surface area contributed by atoms with Crippen molar-refractivity contribution >= 4 is 0 Å². The largest absolute Gasteiger partial charge is 0.391 e. The molecule has 4 aliphatic rings. The van der Waals surface area contributed by atoms with Gasteiger partial charge in [0.1, 0.15) is 0 Å². The number of nitrogens with zero attached hydrogens (tertiary/aromatic N) is 1. The first-order valence-electron chi connectivity index (χ1n) is 14.2. The van der Waals surface area contributed by atoms with Crippen LogP contribution in [0.5, 0.6) is 0 Å². The molecule has 0 bridgehead atoms. The standard InChI is InChI=1S/C30H51NO3/c1-20(7-12-26(32)27(2,3)18-31)23-10-11-24-22-9-8-21-17-30(33,19-34-6)16-15-28(21,4)25(22)13-14-29(23,24)5/h20-26,32-33H,7-17,19H2,1-6H3/t20-,21+,22+,23-,24+,25+,26?,28+,29-,30+/m1/s1. The number of fused-ring (bicyclic) bond motifs is 5. The van der Waals surface area contributed by atoms with Gasteiger partial charge < -0.3 is 14.9 Å². The summed E-state index contributed by atoms with van der Waals surface area (Å²) in [7, 11) is 1.72. The Morgan fingerprint density at radius 2 is 1.71 bits per heavy atom. The minimum Gasteiger partial charge on any atom is -0.391 e. The predicted molar refractivity (Wildman–Crippen MR) is 136 cm³/mol. The summed E-state index contributed by atoms with van der Waals surface area (Å²) in [6.07, 6.45) is 12.2. The number of ether oxygens (including phenoxy) is 1. The number of rotatable bonds is 7. The van der Waals surface area contributed by atoms with Crippen molar-refractivity contribution in [3.05, 3.63) is 0 Å². The molecular formula is C30H51NO3. The molecule has 4 fully saturated rings. The third-order valence-corrected chi connectivity index (χ3v) is 12.0. The summed E-state index contributed by atoms with van der Waals surface area (Å²) in [4.78, 5) is 0. The van der Waals surface area contributed by atoms with Crippen molar-refractivity contribution in [1.29, 1.82) is 5.26 Å². The van der Waals surface area contributed by atoms with Gasteiger partial charge in [-0.3, -0.25) is 0 Å². The summed E-state index contributed by atoms with van der Waals surface area (Å²) in [5.74, 6) is 4.45. The number of methoxy groups -OCH3 is 1. The maximum absolute atomic E-state index is 11.1. The quantitative estimate of drug-likeness (QED) is 0.452. The van der Waals surface area contributed by atoms with E-state index in [1.165, 1.54) is 38.5 Å². The highest BCUT2D eigenvalue weighted by molar-refractivity contribution is 5.11. The molecule has 194 valence electrons. The van der Waals surface area contributed by atoms with Crippen LogP contribution in [0, 0.1) is 63.1 Å². The minimum absolute atomic E-state index is 0.376. The van der Waals surface area contributed by atoms with Crippen molar-refractivity contribution in [2.75, 3.05) is 13.7 Å². The fourth-order valence-corrected chi connectivity index (χ4v) is 9.75. The molecule has 0 aromatic carbocycles. The zero-order valence-corrected chi connectivity index (χ0v) is 22.8. The molecule has 0 heterocycles. The molecule has 4 nitrogen and oxygen atoms in total. The molecule has 4 rings (SSSR count). The summed E-state index contributed by atoms with van der Waals surface area (Å²) in [6, 6.07) is 2.28. The Morgan fingerprint density at radius 1 is 1.00 bits per heavy atom. The molecule has 0 radical (unpaired) electrons. The van der Waals surface area contributed by atoms with Gasteiger partial charge in [0.05, 0.1) is 29.8 Å². The van der Waals surface area contributed by atoms with Crippen LogP contribution in [0.3, 0.4) is 0 Å². The van der Waals surface area contributed by atoms with Crippen LogP contribution in [0.15, 0.2) is 0 Å². The Kier molecular flexibility index (Phi) is 7.27. The zero-order valence-electron chi connectivity index (χ0n) is 22.8. The average molecular weight is 474 g/mol. The van der Waals surface area contributed by atoms with Crippen molar-refractivity contribution < 1.29 is 14.9 Å². The smallest absolute Gasteiger partial charge is 0.0883 e. The Morgan fingerprint density at radius 3 is 2.38 bits per heavy atom. The van der Waals surface area contributed by atoms with Gasteiger partial charge in [-0.1, -0.05) is 20.8 Å². The first-order valence-corrected chi connectivity index (χ1v) is 14.2. The third-order valence-electron chi connectivity index (χ3n) is 12.0. The maximum atomic E-state index is 11.1. The molecule has 2 N–H and O–H groups in total. The Balaban J connectivity index is 1.44. The molecule has 0 aromatic heterocycles. The Labute approximate surface area is 208 Å². The van der Waals surface area contributed by atoms with E-state index in [2.05, 4.69) is 26.8 Å². The molecule has 0 saturated heterocycles. The summed E-state index contributed by atoms with van der Waals surface area (Å²) in [5, 5.41) is 31.1. The molecule has 4 heteroatoms. The van der Waals surface area contributed by atoms with Crippen LogP contribution in [0.25, 0.3) is 0 Å². The van der Waals surface area contributed by atoms with E-state index in [0.29, 0.717) is 29.3 Å². The first kappa shape index (κ1) is 26.4. The zero-order chi connectivity index (χ0) is 24.9. The van der Waals surface area contributed by atoms with Crippen molar-refractivity contribution in [2.24, 2.45) is 51.8 Å². The lowest BCUT2D eigenvalue weighted by Crippen LogP contribution is -2.56. The predicted octanol–water partition coefficient (Wildman–Crippen LogP) is 6.35. The number of aliphatic hydroxyl groups is 2. The number of nitriles is 1. The fraction of sp³-hybridized carbons (Fsp3) is 0.967. The summed E-state index contributed by atoms with van der Waals surface area (Å²) < 4.78 is 5.39. The van der Waals surface area contributed by atoms with Crippen LogP contribution in [0.4, 0.5) is 0 Å². The van der Waals surface area contributed by atoms with Crippen LogP contribution >= 0.6 is 0 Å². The van der Waals surface area contributed by atoms with E-state index in [0.717, 1.165) is 55.8 Å². The van der Waals surface area contributed by atoms with E-state index in [4.69, 9.17) is 4.74 Å². The Bertz CT molecular complexity index is 776. The highest BCUT2D eigenvalue weighted by atomic mass is 16.5. The van der Waals surface area contributed by atoms with Crippen LogP contribution in [0.1, 0.15) is 105 Å². The van der Waals surface area contributed by atoms with E-state index >= 15 is 0 Å². The third kappa shape index (κ3) is 4.37. The van der Waals surface area contributed by atoms with E-state index in [9.17, 15) is 15.5 Å². The van der Waals surface area contributed by atoms with Crippen molar-refractivity contribution in [3.8, 4) is 6.07 Å². The lowest BCUT2D eigenvalue weighted by Gasteiger charge is -2.62. The van der Waals surface area contributed by atoms with E-state index in [1.807, 2.05) is 13.8 Å². The molecule has 0 aliphatic heterocycles. The van der Waals surface area contributed by atoms with Gasteiger partial charge in [-0.15, -0.1) is 0 Å². The van der Waals surface area contributed by atoms with Gasteiger partial charge in [-0.25, -0.2) is 0 Å². The van der Waals surface area contributed by atoms with E-state index in [-0.39, 0.29) is 0 Å². The molecular weight excluding hydrogens is 422 g/mol. The van der Waals surface area contributed by atoms with E-state index < -0.39 is 17.1 Å². The monoisotopic (exact) mass is 473 g/mol. The van der Waals surface area contributed by atoms with Crippen LogP contribution in [-0.2, 0) is 4.74 Å². The van der Waals surface area contributed by atoms with Gasteiger partial charge in [-0.05, 0) is 131 Å². The topological polar surface area (TPSA) is 73.5 Å². The van der Waals surface area contributed by atoms with E-state index in [1.54, 1.807) is 7.11 Å². The highest BCUT2D eigenvalue weighted by Gasteiger charge is 2.61. The molecule has 4 saturated carbocycles. The summed E-state index contributed by atoms with van der Waals surface area (Å²) >= 11 is 0. The van der Waals surface area contributed by atoms with Crippen molar-refractivity contribution in [2.45, 2.75) is 117 Å². The van der Waals surface area contributed by atoms with Gasteiger partial charge in [0.15, 0.2) is 0 Å². The molecule has 0 aromatic rings. The fourth-order valence-electron chi connectivity index (χ4n) is 9.75. The Hall–Kier alpha value is -0.630. The van der Waals surface area contributed by atoms with Gasteiger partial charge >= 0.3 is 0 Å². The number of aliphatic hydroxyl groups excluding tert-OH is 1. The second kappa shape index (κ2) is 9.35. The molecule has 0 spiro atoms. The van der Waals surface area contributed by atoms with Crippen molar-refractivity contribution in [1.82, 2.24) is 0 Å². The molecule has 4 aliphatic carbocycles. The maximum Gasteiger partial charge on any atom is 0.0883 e. The van der Waals surface area contributed by atoms with Crippen LogP contribution in [-0.4, -0.2) is 35.6 Å². The minimum atomic E-state index is -0.663. The number of hydrogen-bond acceptors (Lipinski definition) is 4. The molecule has 1 unspecified atom stereocenters. The summed E-state index contributed by atoms with van der Waals surface area (Å²) in [5.41, 5.74) is -0.483. The molecule has 10 atom stereocenters. The second-order valence-corrected chi connectivity index (χ2v) is 14.2. The molecule has 34 heavy (non-hydrogen) atoms. The summed E-state index contributed by atoms with van der Waals surface area (Å²) in [6.45, 7) is 11.8. The van der Waals surface area contributed by atoms with Gasteiger partial charge in [-0.2, -0.15) is 5.26 Å². The SMILES string of the molecule is COC[C@]1(O)CC[C@@]2(C)[C@@H](CC[C@@H]3[C@@H]2CC[C@]2(C)[C@@H]([C@H](C)CCC(O)C(C)(C)C#N)CC[C@@H]32)C1. The lowest BCUT2D eigenvalue weighted by molar-refractivity contribution is -0.163. The van der Waals surface area contributed by atoms with Crippen LogP contribution in [0.2, 0.25) is 0 Å². The van der Waals surface area contributed by atoms with Crippen LogP contribution < -0.4 is 0 Å². The second-order valence-electron chi connectivity index (χ2n) is 14.2. The lowest BCUT2D eigenvalue weighted by atomic mass is 9.43. The van der Waals surface area contributed by atoms with Gasteiger partial charge in [0.2, 0.25) is 0 Å². The molecule has 0 amide bonds. The first-order chi connectivity index (χ1) is 15.9. The number of hydrogen-bond donors (Lipinski definition) is 2. The van der Waals surface area contributed by atoms with Gasteiger partial charge in [0, 0.05) is 7.11 Å². The van der Waals surface area contributed by atoms with Crippen molar-refractivity contribution in [3.63, 3.8) is 0 Å². The normalized spacial score (nSPS) is 46.0. The highest BCUT2D eigenvalue weighted by Crippen LogP contribution is 2.69.